The Morgan fingerprint density at radius 1 is 1.53 bits per heavy atom. The summed E-state index contributed by atoms with van der Waals surface area (Å²) in [5.74, 6) is 0. The van der Waals surface area contributed by atoms with Gasteiger partial charge in [0.25, 0.3) is 0 Å². The van der Waals surface area contributed by atoms with Gasteiger partial charge >= 0.3 is 6.09 Å². The van der Waals surface area contributed by atoms with Gasteiger partial charge in [-0.05, 0) is 25.8 Å². The molecule has 1 amide bonds. The fourth-order valence-electron chi connectivity index (χ4n) is 1.87. The zero-order valence-electron chi connectivity index (χ0n) is 10.7. The fraction of sp³-hybridized carbons (Fsp3) is 0.917. The van der Waals surface area contributed by atoms with Gasteiger partial charge in [0.15, 0.2) is 0 Å². The number of nitrogens with one attached hydrogen (secondary N) is 1. The summed E-state index contributed by atoms with van der Waals surface area (Å²) in [6, 6.07) is 0.347. The van der Waals surface area contributed by atoms with Crippen LogP contribution in [0.15, 0.2) is 0 Å². The number of amides is 1. The lowest BCUT2D eigenvalue weighted by molar-refractivity contribution is 0.108. The van der Waals surface area contributed by atoms with Crippen LogP contribution in [0.3, 0.4) is 0 Å². The van der Waals surface area contributed by atoms with E-state index in [0.717, 1.165) is 45.3 Å². The number of likely N-dealkylation sites (tertiary alicyclic amines) is 1. The molecule has 1 unspecified atom stereocenters. The maximum atomic E-state index is 11.6. The lowest BCUT2D eigenvalue weighted by Gasteiger charge is -2.16. The van der Waals surface area contributed by atoms with E-state index in [-0.39, 0.29) is 12.7 Å². The number of ether oxygens (including phenoxy) is 1. The van der Waals surface area contributed by atoms with Crippen LogP contribution in [0.4, 0.5) is 4.79 Å². The van der Waals surface area contributed by atoms with Crippen molar-refractivity contribution in [2.45, 2.75) is 38.6 Å². The van der Waals surface area contributed by atoms with Gasteiger partial charge in [-0.25, -0.2) is 4.79 Å². The highest BCUT2D eigenvalue weighted by atomic mass is 16.6. The Hall–Kier alpha value is -0.810. The molecular weight excluding hydrogens is 220 g/mol. The summed E-state index contributed by atoms with van der Waals surface area (Å²) >= 11 is 0. The zero-order valence-corrected chi connectivity index (χ0v) is 10.7. The van der Waals surface area contributed by atoms with E-state index >= 15 is 0 Å². The molecule has 0 aliphatic carbocycles. The molecule has 1 atom stereocenters. The van der Waals surface area contributed by atoms with Crippen LogP contribution in [-0.4, -0.2) is 55.0 Å². The molecule has 100 valence electrons. The zero-order chi connectivity index (χ0) is 12.5. The van der Waals surface area contributed by atoms with Crippen molar-refractivity contribution in [1.29, 1.82) is 0 Å². The van der Waals surface area contributed by atoms with Crippen molar-refractivity contribution in [1.82, 2.24) is 10.2 Å². The van der Waals surface area contributed by atoms with Crippen LogP contribution in [-0.2, 0) is 4.74 Å². The van der Waals surface area contributed by atoms with Gasteiger partial charge in [-0.2, -0.15) is 0 Å². The molecule has 1 fully saturated rings. The molecule has 1 aliphatic heterocycles. The Labute approximate surface area is 103 Å². The number of nitrogens with zero attached hydrogens (tertiary/aromatic N) is 1. The SMILES string of the molecule is CCCCOC(=O)N1CCC(NCCCO)C1. The molecule has 1 heterocycles. The van der Waals surface area contributed by atoms with Gasteiger partial charge in [0.1, 0.15) is 0 Å². The molecule has 0 aromatic carbocycles. The van der Waals surface area contributed by atoms with E-state index in [4.69, 9.17) is 9.84 Å². The number of hydrogen-bond donors (Lipinski definition) is 2. The third kappa shape index (κ3) is 5.37. The monoisotopic (exact) mass is 244 g/mol. The molecule has 1 aliphatic rings. The van der Waals surface area contributed by atoms with Crippen molar-refractivity contribution in [2.75, 3.05) is 32.8 Å². The second-order valence-corrected chi connectivity index (χ2v) is 4.43. The molecule has 5 nitrogen and oxygen atoms in total. The van der Waals surface area contributed by atoms with Gasteiger partial charge < -0.3 is 20.1 Å². The minimum atomic E-state index is -0.190. The topological polar surface area (TPSA) is 61.8 Å². The average Bonchev–Trinajstić information content (AvgIpc) is 2.78. The van der Waals surface area contributed by atoms with Gasteiger partial charge in [-0.3, -0.25) is 0 Å². The molecule has 0 saturated carbocycles. The van der Waals surface area contributed by atoms with Crippen LogP contribution >= 0.6 is 0 Å². The van der Waals surface area contributed by atoms with Crippen LogP contribution in [0.2, 0.25) is 0 Å². The Morgan fingerprint density at radius 2 is 2.35 bits per heavy atom. The summed E-state index contributed by atoms with van der Waals surface area (Å²) in [4.78, 5) is 13.4. The number of carbonyl (C=O) groups is 1. The first kappa shape index (κ1) is 14.3. The average molecular weight is 244 g/mol. The maximum Gasteiger partial charge on any atom is 0.409 e. The molecule has 17 heavy (non-hydrogen) atoms. The quantitative estimate of drug-likeness (QED) is 0.655. The van der Waals surface area contributed by atoms with E-state index in [1.807, 2.05) is 0 Å². The number of hydrogen-bond acceptors (Lipinski definition) is 4. The smallest absolute Gasteiger partial charge is 0.409 e. The van der Waals surface area contributed by atoms with Crippen LogP contribution in [0.5, 0.6) is 0 Å². The second-order valence-electron chi connectivity index (χ2n) is 4.43. The summed E-state index contributed by atoms with van der Waals surface area (Å²) < 4.78 is 5.16. The van der Waals surface area contributed by atoms with Crippen LogP contribution in [0.25, 0.3) is 0 Å². The van der Waals surface area contributed by atoms with Crippen molar-refractivity contribution in [3.63, 3.8) is 0 Å². The highest BCUT2D eigenvalue weighted by Crippen LogP contribution is 2.10. The molecule has 0 radical (unpaired) electrons. The van der Waals surface area contributed by atoms with Gasteiger partial charge in [0.05, 0.1) is 6.61 Å². The standard InChI is InChI=1S/C12H24N2O3/c1-2-3-9-17-12(16)14-7-5-11(10-14)13-6-4-8-15/h11,13,15H,2-10H2,1H3. The fourth-order valence-corrected chi connectivity index (χ4v) is 1.87. The first-order valence-electron chi connectivity index (χ1n) is 6.54. The van der Waals surface area contributed by atoms with E-state index in [1.54, 1.807) is 4.90 Å². The number of carbonyl (C=O) groups excluding carboxylic acids is 1. The Bertz CT molecular complexity index is 224. The minimum absolute atomic E-state index is 0.190. The predicted octanol–water partition coefficient (Wildman–Crippen LogP) is 0.969. The molecule has 1 saturated heterocycles. The second kappa shape index (κ2) is 8.31. The summed E-state index contributed by atoms with van der Waals surface area (Å²) in [7, 11) is 0. The van der Waals surface area contributed by atoms with Crippen LogP contribution in [0.1, 0.15) is 32.6 Å². The number of unbranched alkanes of at least 4 members (excludes halogenated alkanes) is 1. The lowest BCUT2D eigenvalue weighted by Crippen LogP contribution is -2.36. The van der Waals surface area contributed by atoms with Gasteiger partial charge in [-0.1, -0.05) is 13.3 Å². The third-order valence-electron chi connectivity index (χ3n) is 2.94. The van der Waals surface area contributed by atoms with Crippen molar-refractivity contribution >= 4 is 6.09 Å². The van der Waals surface area contributed by atoms with E-state index in [1.165, 1.54) is 0 Å². The van der Waals surface area contributed by atoms with Gasteiger partial charge in [0.2, 0.25) is 0 Å². The van der Waals surface area contributed by atoms with Crippen LogP contribution < -0.4 is 5.32 Å². The van der Waals surface area contributed by atoms with Crippen molar-refractivity contribution in [3.05, 3.63) is 0 Å². The molecule has 0 bridgehead atoms. The highest BCUT2D eigenvalue weighted by molar-refractivity contribution is 5.68. The molecular formula is C12H24N2O3. The van der Waals surface area contributed by atoms with Gasteiger partial charge in [0, 0.05) is 25.7 Å². The van der Waals surface area contributed by atoms with Gasteiger partial charge in [-0.15, -0.1) is 0 Å². The van der Waals surface area contributed by atoms with Crippen LogP contribution in [0, 0.1) is 0 Å². The number of aliphatic hydroxyl groups is 1. The summed E-state index contributed by atoms with van der Waals surface area (Å²) in [5, 5.41) is 12.0. The van der Waals surface area contributed by atoms with E-state index in [0.29, 0.717) is 12.6 Å². The molecule has 0 spiro atoms. The summed E-state index contributed by atoms with van der Waals surface area (Å²) in [6.07, 6.45) is 3.51. The van der Waals surface area contributed by atoms with Crippen molar-refractivity contribution in [3.8, 4) is 0 Å². The number of aliphatic hydroxyl groups excluding tert-OH is 1. The molecule has 0 aromatic rings. The predicted molar refractivity (Wildman–Crippen MR) is 65.9 cm³/mol. The van der Waals surface area contributed by atoms with Crippen molar-refractivity contribution < 1.29 is 14.6 Å². The lowest BCUT2D eigenvalue weighted by atomic mass is 10.2. The Balaban J connectivity index is 2.13. The molecule has 5 heteroatoms. The van der Waals surface area contributed by atoms with E-state index in [9.17, 15) is 4.79 Å². The summed E-state index contributed by atoms with van der Waals surface area (Å²) in [5.41, 5.74) is 0. The molecule has 0 aromatic heterocycles. The van der Waals surface area contributed by atoms with Crippen molar-refractivity contribution in [2.24, 2.45) is 0 Å². The summed E-state index contributed by atoms with van der Waals surface area (Å²) in [6.45, 7) is 5.10. The third-order valence-corrected chi connectivity index (χ3v) is 2.94. The minimum Gasteiger partial charge on any atom is -0.449 e. The normalized spacial score (nSPS) is 19.6. The maximum absolute atomic E-state index is 11.6. The highest BCUT2D eigenvalue weighted by Gasteiger charge is 2.26. The largest absolute Gasteiger partial charge is 0.449 e. The first-order chi connectivity index (χ1) is 8.27. The Morgan fingerprint density at radius 3 is 3.06 bits per heavy atom. The first-order valence-corrected chi connectivity index (χ1v) is 6.54. The Kier molecular flexibility index (Phi) is 6.96. The molecule has 1 rings (SSSR count). The molecule has 2 N–H and O–H groups in total. The van der Waals surface area contributed by atoms with E-state index in [2.05, 4.69) is 12.2 Å². The number of rotatable bonds is 7. The van der Waals surface area contributed by atoms with E-state index < -0.39 is 0 Å².